The SMILES string of the molecule is Cc1cccc(C)c1OCCCCCCO. The maximum atomic E-state index is 8.64. The highest BCUT2D eigenvalue weighted by molar-refractivity contribution is 5.39. The van der Waals surface area contributed by atoms with Crippen LogP contribution in [0.2, 0.25) is 0 Å². The van der Waals surface area contributed by atoms with Gasteiger partial charge in [0.2, 0.25) is 0 Å². The molecule has 0 aliphatic heterocycles. The summed E-state index contributed by atoms with van der Waals surface area (Å²) in [6.45, 7) is 5.23. The molecule has 0 bridgehead atoms. The average Bonchev–Trinajstić information content (AvgIpc) is 2.26. The number of benzene rings is 1. The number of ether oxygens (including phenoxy) is 1. The molecule has 0 unspecified atom stereocenters. The molecule has 1 aromatic rings. The Morgan fingerprint density at radius 3 is 2.25 bits per heavy atom. The number of aryl methyl sites for hydroxylation is 2. The van der Waals surface area contributed by atoms with Crippen LogP contribution in [0.15, 0.2) is 18.2 Å². The van der Waals surface area contributed by atoms with Crippen LogP contribution in [0.25, 0.3) is 0 Å². The Hall–Kier alpha value is -1.02. The van der Waals surface area contributed by atoms with Crippen molar-refractivity contribution in [2.75, 3.05) is 13.2 Å². The maximum Gasteiger partial charge on any atom is 0.125 e. The summed E-state index contributed by atoms with van der Waals surface area (Å²) in [5.74, 6) is 1.03. The van der Waals surface area contributed by atoms with E-state index in [0.29, 0.717) is 6.61 Å². The quantitative estimate of drug-likeness (QED) is 0.718. The van der Waals surface area contributed by atoms with Crippen LogP contribution in [0.3, 0.4) is 0 Å². The topological polar surface area (TPSA) is 29.5 Å². The van der Waals surface area contributed by atoms with Gasteiger partial charge < -0.3 is 9.84 Å². The minimum absolute atomic E-state index is 0.303. The number of para-hydroxylation sites is 1. The first-order chi connectivity index (χ1) is 7.75. The second-order valence-electron chi connectivity index (χ2n) is 4.21. The first kappa shape index (κ1) is 13.0. The molecule has 0 spiro atoms. The first-order valence-corrected chi connectivity index (χ1v) is 6.05. The Balaban J connectivity index is 2.26. The second kappa shape index (κ2) is 7.29. The van der Waals surface area contributed by atoms with E-state index in [-0.39, 0.29) is 0 Å². The second-order valence-corrected chi connectivity index (χ2v) is 4.21. The van der Waals surface area contributed by atoms with E-state index in [0.717, 1.165) is 38.0 Å². The van der Waals surface area contributed by atoms with Crippen molar-refractivity contribution in [3.63, 3.8) is 0 Å². The number of unbranched alkanes of at least 4 members (excludes halogenated alkanes) is 3. The summed E-state index contributed by atoms with van der Waals surface area (Å²) in [6.07, 6.45) is 4.19. The van der Waals surface area contributed by atoms with Gasteiger partial charge in [0.25, 0.3) is 0 Å². The fraction of sp³-hybridized carbons (Fsp3) is 0.571. The zero-order valence-corrected chi connectivity index (χ0v) is 10.3. The maximum absolute atomic E-state index is 8.64. The molecule has 2 heteroatoms. The van der Waals surface area contributed by atoms with E-state index in [1.807, 2.05) is 0 Å². The minimum atomic E-state index is 0.303. The van der Waals surface area contributed by atoms with E-state index < -0.39 is 0 Å². The zero-order valence-electron chi connectivity index (χ0n) is 10.3. The first-order valence-electron chi connectivity index (χ1n) is 6.05. The van der Waals surface area contributed by atoms with Gasteiger partial charge in [0.1, 0.15) is 5.75 Å². The van der Waals surface area contributed by atoms with Gasteiger partial charge in [-0.3, -0.25) is 0 Å². The molecule has 16 heavy (non-hydrogen) atoms. The lowest BCUT2D eigenvalue weighted by molar-refractivity contribution is 0.272. The summed E-state index contributed by atoms with van der Waals surface area (Å²) in [5, 5.41) is 8.64. The van der Waals surface area contributed by atoms with Crippen LogP contribution < -0.4 is 4.74 Å². The molecule has 2 nitrogen and oxygen atoms in total. The van der Waals surface area contributed by atoms with Crippen molar-refractivity contribution in [1.82, 2.24) is 0 Å². The Morgan fingerprint density at radius 2 is 1.62 bits per heavy atom. The van der Waals surface area contributed by atoms with Crippen LogP contribution in [0.1, 0.15) is 36.8 Å². The Kier molecular flexibility index (Phi) is 5.94. The van der Waals surface area contributed by atoms with Crippen molar-refractivity contribution in [3.8, 4) is 5.75 Å². The van der Waals surface area contributed by atoms with Crippen molar-refractivity contribution >= 4 is 0 Å². The number of aliphatic hydroxyl groups excluding tert-OH is 1. The van der Waals surface area contributed by atoms with E-state index in [4.69, 9.17) is 9.84 Å². The molecule has 0 amide bonds. The van der Waals surface area contributed by atoms with Gasteiger partial charge in [-0.15, -0.1) is 0 Å². The summed E-state index contributed by atoms with van der Waals surface area (Å²) >= 11 is 0. The Bertz CT molecular complexity index is 287. The van der Waals surface area contributed by atoms with Crippen LogP contribution >= 0.6 is 0 Å². The molecule has 0 heterocycles. The number of hydrogen-bond acceptors (Lipinski definition) is 2. The van der Waals surface area contributed by atoms with Crippen LogP contribution in [0.4, 0.5) is 0 Å². The molecule has 1 aromatic carbocycles. The molecule has 90 valence electrons. The Labute approximate surface area is 98.3 Å². The van der Waals surface area contributed by atoms with Gasteiger partial charge in [-0.2, -0.15) is 0 Å². The predicted molar refractivity (Wildman–Crippen MR) is 67.0 cm³/mol. The third-order valence-corrected chi connectivity index (χ3v) is 2.71. The van der Waals surface area contributed by atoms with E-state index in [1.165, 1.54) is 11.1 Å². The number of aliphatic hydroxyl groups is 1. The normalized spacial score (nSPS) is 10.4. The summed E-state index contributed by atoms with van der Waals surface area (Å²) in [6, 6.07) is 6.21. The summed E-state index contributed by atoms with van der Waals surface area (Å²) < 4.78 is 5.79. The van der Waals surface area contributed by atoms with Gasteiger partial charge in [0, 0.05) is 6.61 Å². The molecule has 0 aliphatic rings. The number of rotatable bonds is 7. The molecule has 0 fully saturated rings. The molecule has 0 saturated heterocycles. The van der Waals surface area contributed by atoms with Crippen molar-refractivity contribution < 1.29 is 9.84 Å². The molecule has 0 aromatic heterocycles. The van der Waals surface area contributed by atoms with Crippen molar-refractivity contribution in [2.24, 2.45) is 0 Å². The smallest absolute Gasteiger partial charge is 0.125 e. The highest BCUT2D eigenvalue weighted by Crippen LogP contribution is 2.22. The molecule has 0 atom stereocenters. The fourth-order valence-corrected chi connectivity index (χ4v) is 1.77. The lowest BCUT2D eigenvalue weighted by atomic mass is 10.1. The van der Waals surface area contributed by atoms with Crippen LogP contribution in [0, 0.1) is 13.8 Å². The largest absolute Gasteiger partial charge is 0.493 e. The van der Waals surface area contributed by atoms with Crippen molar-refractivity contribution in [1.29, 1.82) is 0 Å². The lowest BCUT2D eigenvalue weighted by Crippen LogP contribution is -2.00. The fourth-order valence-electron chi connectivity index (χ4n) is 1.77. The summed E-state index contributed by atoms with van der Waals surface area (Å²) in [7, 11) is 0. The minimum Gasteiger partial charge on any atom is -0.493 e. The van der Waals surface area contributed by atoms with Crippen LogP contribution in [0.5, 0.6) is 5.75 Å². The molecule has 0 radical (unpaired) electrons. The van der Waals surface area contributed by atoms with Gasteiger partial charge in [0.15, 0.2) is 0 Å². The standard InChI is InChI=1S/C14H22O2/c1-12-8-7-9-13(2)14(12)16-11-6-4-3-5-10-15/h7-9,15H,3-6,10-11H2,1-2H3. The lowest BCUT2D eigenvalue weighted by Gasteiger charge is -2.11. The summed E-state index contributed by atoms with van der Waals surface area (Å²) in [5.41, 5.74) is 2.41. The third kappa shape index (κ3) is 4.23. The van der Waals surface area contributed by atoms with E-state index in [9.17, 15) is 0 Å². The predicted octanol–water partition coefficient (Wildman–Crippen LogP) is 3.23. The Morgan fingerprint density at radius 1 is 1.00 bits per heavy atom. The molecule has 1 rings (SSSR count). The summed E-state index contributed by atoms with van der Waals surface area (Å²) in [4.78, 5) is 0. The van der Waals surface area contributed by atoms with Crippen LogP contribution in [-0.2, 0) is 0 Å². The van der Waals surface area contributed by atoms with Gasteiger partial charge in [-0.25, -0.2) is 0 Å². The van der Waals surface area contributed by atoms with Crippen molar-refractivity contribution in [2.45, 2.75) is 39.5 Å². The molecular weight excluding hydrogens is 200 g/mol. The molecular formula is C14H22O2. The monoisotopic (exact) mass is 222 g/mol. The molecule has 0 saturated carbocycles. The molecule has 0 aliphatic carbocycles. The average molecular weight is 222 g/mol. The third-order valence-electron chi connectivity index (χ3n) is 2.71. The van der Waals surface area contributed by atoms with E-state index >= 15 is 0 Å². The molecule has 1 N–H and O–H groups in total. The van der Waals surface area contributed by atoms with Crippen LogP contribution in [-0.4, -0.2) is 18.3 Å². The van der Waals surface area contributed by atoms with Crippen molar-refractivity contribution in [3.05, 3.63) is 29.3 Å². The van der Waals surface area contributed by atoms with E-state index in [1.54, 1.807) is 0 Å². The number of hydrogen-bond donors (Lipinski definition) is 1. The highest BCUT2D eigenvalue weighted by atomic mass is 16.5. The van der Waals surface area contributed by atoms with E-state index in [2.05, 4.69) is 32.0 Å². The highest BCUT2D eigenvalue weighted by Gasteiger charge is 2.02. The van der Waals surface area contributed by atoms with Gasteiger partial charge in [-0.1, -0.05) is 24.6 Å². The van der Waals surface area contributed by atoms with Gasteiger partial charge in [-0.05, 0) is 44.2 Å². The van der Waals surface area contributed by atoms with Gasteiger partial charge in [0.05, 0.1) is 6.61 Å². The van der Waals surface area contributed by atoms with Gasteiger partial charge >= 0.3 is 0 Å². The zero-order chi connectivity index (χ0) is 11.8.